The second-order valence-electron chi connectivity index (χ2n) is 7.78. The second-order valence-corrected chi connectivity index (χ2v) is 10.5. The van der Waals surface area contributed by atoms with E-state index in [4.69, 9.17) is 9.47 Å². The Balaban J connectivity index is 1.60. The standard InChI is InChI=1S/C25H25N3O5S2/c1-17-4-11-21(12-5-17)35(30,31)27-19-8-6-18(7-9-19)24(29)26-25-28(14-15-32-2)22-13-10-20(33-3)16-23(22)34-25/h4-13,16,27H,14-15H2,1-3H3. The second kappa shape index (κ2) is 10.4. The molecule has 3 aromatic carbocycles. The van der Waals surface area contributed by atoms with Gasteiger partial charge < -0.3 is 14.0 Å². The van der Waals surface area contributed by atoms with Crippen molar-refractivity contribution in [3.05, 3.63) is 82.7 Å². The monoisotopic (exact) mass is 511 g/mol. The van der Waals surface area contributed by atoms with Crippen LogP contribution in [0.15, 0.2) is 76.6 Å². The predicted octanol–water partition coefficient (Wildman–Crippen LogP) is 4.21. The summed E-state index contributed by atoms with van der Waals surface area (Å²) in [5.41, 5.74) is 2.60. The molecular formula is C25H25N3O5S2. The van der Waals surface area contributed by atoms with E-state index >= 15 is 0 Å². The van der Waals surface area contributed by atoms with Gasteiger partial charge in [0.05, 0.1) is 28.8 Å². The molecule has 8 nitrogen and oxygen atoms in total. The van der Waals surface area contributed by atoms with Gasteiger partial charge in [-0.05, 0) is 61.5 Å². The molecule has 0 aliphatic heterocycles. The van der Waals surface area contributed by atoms with Crippen LogP contribution in [0.2, 0.25) is 0 Å². The zero-order valence-electron chi connectivity index (χ0n) is 19.5. The van der Waals surface area contributed by atoms with Gasteiger partial charge in [0.1, 0.15) is 5.75 Å². The molecule has 1 amide bonds. The fourth-order valence-electron chi connectivity index (χ4n) is 3.43. The Kier molecular flexibility index (Phi) is 7.34. The molecule has 0 atom stereocenters. The number of sulfonamides is 1. The summed E-state index contributed by atoms with van der Waals surface area (Å²) in [5.74, 6) is 0.293. The number of benzene rings is 3. The summed E-state index contributed by atoms with van der Waals surface area (Å²) in [6, 6.07) is 18.5. The van der Waals surface area contributed by atoms with Crippen molar-refractivity contribution in [3.63, 3.8) is 0 Å². The highest BCUT2D eigenvalue weighted by Crippen LogP contribution is 2.23. The van der Waals surface area contributed by atoms with Crippen molar-refractivity contribution in [1.82, 2.24) is 4.57 Å². The number of aromatic nitrogens is 1. The third-order valence-electron chi connectivity index (χ3n) is 5.32. The van der Waals surface area contributed by atoms with E-state index in [1.54, 1.807) is 62.8 Å². The van der Waals surface area contributed by atoms with Gasteiger partial charge in [0.15, 0.2) is 4.80 Å². The van der Waals surface area contributed by atoms with Gasteiger partial charge in [-0.2, -0.15) is 4.99 Å². The lowest BCUT2D eigenvalue weighted by Crippen LogP contribution is -2.19. The summed E-state index contributed by atoms with van der Waals surface area (Å²) < 4.78 is 41.2. The summed E-state index contributed by atoms with van der Waals surface area (Å²) in [4.78, 5) is 18.0. The Morgan fingerprint density at radius 3 is 2.40 bits per heavy atom. The molecule has 182 valence electrons. The lowest BCUT2D eigenvalue weighted by atomic mass is 10.2. The minimum atomic E-state index is -3.73. The summed E-state index contributed by atoms with van der Waals surface area (Å²) >= 11 is 1.38. The molecule has 0 unspecified atom stereocenters. The highest BCUT2D eigenvalue weighted by atomic mass is 32.2. The first-order valence-electron chi connectivity index (χ1n) is 10.8. The molecule has 4 aromatic rings. The fourth-order valence-corrected chi connectivity index (χ4v) is 5.57. The molecule has 0 radical (unpaired) electrons. The van der Waals surface area contributed by atoms with Crippen LogP contribution < -0.4 is 14.3 Å². The van der Waals surface area contributed by atoms with E-state index in [0.717, 1.165) is 21.5 Å². The molecule has 0 aliphatic rings. The smallest absolute Gasteiger partial charge is 0.279 e. The Labute approximate surface area is 207 Å². The Morgan fingerprint density at radius 1 is 1.03 bits per heavy atom. The third-order valence-corrected chi connectivity index (χ3v) is 7.76. The zero-order valence-corrected chi connectivity index (χ0v) is 21.2. The largest absolute Gasteiger partial charge is 0.497 e. The van der Waals surface area contributed by atoms with E-state index < -0.39 is 15.9 Å². The number of hydrogen-bond acceptors (Lipinski definition) is 6. The number of anilines is 1. The average Bonchev–Trinajstić information content (AvgIpc) is 3.18. The van der Waals surface area contributed by atoms with Gasteiger partial charge >= 0.3 is 0 Å². The first kappa shape index (κ1) is 24.6. The number of nitrogens with one attached hydrogen (secondary N) is 1. The van der Waals surface area contributed by atoms with Crippen LogP contribution in [0.25, 0.3) is 10.2 Å². The number of carbonyl (C=O) groups is 1. The van der Waals surface area contributed by atoms with E-state index in [0.29, 0.717) is 29.2 Å². The van der Waals surface area contributed by atoms with Crippen LogP contribution in [0.4, 0.5) is 5.69 Å². The van der Waals surface area contributed by atoms with Crippen LogP contribution in [-0.4, -0.2) is 39.7 Å². The van der Waals surface area contributed by atoms with E-state index in [9.17, 15) is 13.2 Å². The molecule has 0 fully saturated rings. The van der Waals surface area contributed by atoms with Gasteiger partial charge in [-0.3, -0.25) is 9.52 Å². The van der Waals surface area contributed by atoms with Crippen molar-refractivity contribution < 1.29 is 22.7 Å². The molecular weight excluding hydrogens is 486 g/mol. The summed E-state index contributed by atoms with van der Waals surface area (Å²) in [5, 5.41) is 0. The Hall–Kier alpha value is -3.47. The number of fused-ring (bicyclic) bond motifs is 1. The molecule has 4 rings (SSSR count). The van der Waals surface area contributed by atoms with Gasteiger partial charge in [0, 0.05) is 24.9 Å². The van der Waals surface area contributed by atoms with E-state index in [2.05, 4.69) is 9.71 Å². The quantitative estimate of drug-likeness (QED) is 0.382. The van der Waals surface area contributed by atoms with Crippen molar-refractivity contribution >= 4 is 43.2 Å². The van der Waals surface area contributed by atoms with Crippen LogP contribution in [0.5, 0.6) is 5.75 Å². The van der Waals surface area contributed by atoms with E-state index in [1.807, 2.05) is 29.7 Å². The van der Waals surface area contributed by atoms with Gasteiger partial charge in [0.25, 0.3) is 15.9 Å². The number of methoxy groups -OCH3 is 2. The van der Waals surface area contributed by atoms with Crippen LogP contribution in [0.1, 0.15) is 15.9 Å². The van der Waals surface area contributed by atoms with Crippen molar-refractivity contribution in [2.45, 2.75) is 18.4 Å². The summed E-state index contributed by atoms with van der Waals surface area (Å²) in [6.45, 7) is 2.89. The zero-order chi connectivity index (χ0) is 25.0. The number of hydrogen-bond donors (Lipinski definition) is 1. The Morgan fingerprint density at radius 2 is 1.74 bits per heavy atom. The van der Waals surface area contributed by atoms with Crippen molar-refractivity contribution in [3.8, 4) is 5.75 Å². The van der Waals surface area contributed by atoms with Crippen molar-refractivity contribution in [1.29, 1.82) is 0 Å². The minimum absolute atomic E-state index is 0.167. The van der Waals surface area contributed by atoms with Gasteiger partial charge in [-0.25, -0.2) is 8.42 Å². The molecule has 10 heteroatoms. The molecule has 0 spiro atoms. The highest BCUT2D eigenvalue weighted by Gasteiger charge is 2.15. The molecule has 1 aromatic heterocycles. The van der Waals surface area contributed by atoms with Gasteiger partial charge in [-0.15, -0.1) is 0 Å². The van der Waals surface area contributed by atoms with Crippen LogP contribution in [0, 0.1) is 6.92 Å². The number of rotatable bonds is 8. The number of carbonyl (C=O) groups excluding carboxylic acids is 1. The average molecular weight is 512 g/mol. The molecule has 0 bridgehead atoms. The van der Waals surface area contributed by atoms with Crippen molar-refractivity contribution in [2.75, 3.05) is 25.5 Å². The maximum absolute atomic E-state index is 12.9. The van der Waals surface area contributed by atoms with Crippen LogP contribution >= 0.6 is 11.3 Å². The minimum Gasteiger partial charge on any atom is -0.497 e. The highest BCUT2D eigenvalue weighted by molar-refractivity contribution is 7.92. The third kappa shape index (κ3) is 5.61. The molecule has 0 saturated heterocycles. The SMILES string of the molecule is COCCn1c(=NC(=O)c2ccc(NS(=O)(=O)c3ccc(C)cc3)cc2)sc2cc(OC)ccc21. The normalized spacial score (nSPS) is 12.1. The lowest BCUT2D eigenvalue weighted by molar-refractivity contribution is 0.0997. The van der Waals surface area contributed by atoms with Crippen LogP contribution in [0.3, 0.4) is 0 Å². The molecule has 0 saturated carbocycles. The van der Waals surface area contributed by atoms with Crippen molar-refractivity contribution in [2.24, 2.45) is 4.99 Å². The molecule has 0 aliphatic carbocycles. The lowest BCUT2D eigenvalue weighted by Gasteiger charge is -2.08. The first-order chi connectivity index (χ1) is 16.8. The molecule has 1 N–H and O–H groups in total. The Bertz CT molecular complexity index is 1520. The van der Waals surface area contributed by atoms with Gasteiger partial charge in [-0.1, -0.05) is 29.0 Å². The summed E-state index contributed by atoms with van der Waals surface area (Å²) in [6.07, 6.45) is 0. The number of amides is 1. The summed E-state index contributed by atoms with van der Waals surface area (Å²) in [7, 11) is -0.505. The molecule has 1 heterocycles. The van der Waals surface area contributed by atoms with Crippen LogP contribution in [-0.2, 0) is 21.3 Å². The van der Waals surface area contributed by atoms with Gasteiger partial charge in [0.2, 0.25) is 0 Å². The van der Waals surface area contributed by atoms with E-state index in [-0.39, 0.29) is 4.90 Å². The topological polar surface area (TPSA) is 99.0 Å². The maximum atomic E-state index is 12.9. The first-order valence-corrected chi connectivity index (χ1v) is 13.1. The number of ether oxygens (including phenoxy) is 2. The number of thiazole rings is 1. The predicted molar refractivity (Wildman–Crippen MR) is 137 cm³/mol. The van der Waals surface area contributed by atoms with E-state index in [1.165, 1.54) is 11.3 Å². The molecule has 35 heavy (non-hydrogen) atoms. The fraction of sp³-hybridized carbons (Fsp3) is 0.200. The maximum Gasteiger partial charge on any atom is 0.279 e. The number of aryl methyl sites for hydroxylation is 1. The number of nitrogens with zero attached hydrogens (tertiary/aromatic N) is 2.